The third kappa shape index (κ3) is 3.37. The summed E-state index contributed by atoms with van der Waals surface area (Å²) in [5.41, 5.74) is 1.01. The van der Waals surface area contributed by atoms with E-state index in [0.717, 1.165) is 57.5 Å². The average molecular weight is 276 g/mol. The highest BCUT2D eigenvalue weighted by Crippen LogP contribution is 2.31. The van der Waals surface area contributed by atoms with Crippen LogP contribution in [0.3, 0.4) is 0 Å². The molecule has 1 aliphatic carbocycles. The number of nitrogens with zero attached hydrogens (tertiary/aromatic N) is 2. The highest BCUT2D eigenvalue weighted by atomic mass is 19.1. The summed E-state index contributed by atoms with van der Waals surface area (Å²) in [5, 5.41) is 0. The summed E-state index contributed by atoms with van der Waals surface area (Å²) in [5.74, 6) is 0.477. The van der Waals surface area contributed by atoms with Crippen LogP contribution in [0.25, 0.3) is 0 Å². The third-order valence-corrected chi connectivity index (χ3v) is 4.12. The lowest BCUT2D eigenvalue weighted by atomic mass is 10.2. The van der Waals surface area contributed by atoms with Crippen molar-refractivity contribution in [3.05, 3.63) is 35.6 Å². The highest BCUT2D eigenvalue weighted by Gasteiger charge is 2.33. The minimum atomic E-state index is -0.178. The zero-order valence-corrected chi connectivity index (χ0v) is 11.7. The molecule has 0 aromatic heterocycles. The van der Waals surface area contributed by atoms with Crippen LogP contribution in [0.4, 0.5) is 4.39 Å². The number of halogens is 1. The molecule has 0 N–H and O–H groups in total. The third-order valence-electron chi connectivity index (χ3n) is 4.12. The first-order valence-electron chi connectivity index (χ1n) is 7.48. The van der Waals surface area contributed by atoms with Crippen molar-refractivity contribution in [2.45, 2.75) is 25.8 Å². The SMILES string of the molecule is O=C(C1CC1)N1CCCN(Cc2cccc(F)c2)CC1. The van der Waals surface area contributed by atoms with E-state index in [4.69, 9.17) is 0 Å². The molecule has 2 fully saturated rings. The predicted molar refractivity (Wildman–Crippen MR) is 75.6 cm³/mol. The Morgan fingerprint density at radius 2 is 2.05 bits per heavy atom. The molecule has 20 heavy (non-hydrogen) atoms. The van der Waals surface area contributed by atoms with E-state index in [1.807, 2.05) is 11.0 Å². The van der Waals surface area contributed by atoms with Gasteiger partial charge in [-0.05, 0) is 37.0 Å². The van der Waals surface area contributed by atoms with Crippen molar-refractivity contribution in [1.29, 1.82) is 0 Å². The summed E-state index contributed by atoms with van der Waals surface area (Å²) in [6, 6.07) is 6.78. The lowest BCUT2D eigenvalue weighted by molar-refractivity contribution is -0.132. The normalized spacial score (nSPS) is 20.8. The standard InChI is InChI=1S/C16H21FN2O/c17-15-4-1-3-13(11-15)12-18-7-2-8-19(10-9-18)16(20)14-5-6-14/h1,3-4,11,14H,2,5-10,12H2. The molecule has 3 nitrogen and oxygen atoms in total. The molecule has 0 spiro atoms. The van der Waals surface area contributed by atoms with Crippen LogP contribution in [0, 0.1) is 11.7 Å². The molecule has 0 radical (unpaired) electrons. The van der Waals surface area contributed by atoms with Crippen LogP contribution in [-0.4, -0.2) is 41.9 Å². The van der Waals surface area contributed by atoms with E-state index in [1.54, 1.807) is 12.1 Å². The Hall–Kier alpha value is -1.42. The largest absolute Gasteiger partial charge is 0.341 e. The molecule has 3 rings (SSSR count). The number of benzene rings is 1. The van der Waals surface area contributed by atoms with Crippen LogP contribution in [0.2, 0.25) is 0 Å². The minimum Gasteiger partial charge on any atom is -0.341 e. The van der Waals surface area contributed by atoms with Crippen LogP contribution < -0.4 is 0 Å². The second kappa shape index (κ2) is 5.92. The molecule has 0 bridgehead atoms. The Kier molecular flexibility index (Phi) is 4.01. The molecular weight excluding hydrogens is 255 g/mol. The van der Waals surface area contributed by atoms with Crippen LogP contribution in [-0.2, 0) is 11.3 Å². The van der Waals surface area contributed by atoms with Gasteiger partial charge in [0.25, 0.3) is 0 Å². The first-order valence-corrected chi connectivity index (χ1v) is 7.48. The maximum atomic E-state index is 13.2. The summed E-state index contributed by atoms with van der Waals surface area (Å²) >= 11 is 0. The molecule has 1 aromatic carbocycles. The average Bonchev–Trinajstić information content (AvgIpc) is 3.26. The van der Waals surface area contributed by atoms with Gasteiger partial charge in [0.15, 0.2) is 0 Å². The lowest BCUT2D eigenvalue weighted by Crippen LogP contribution is -2.36. The fraction of sp³-hybridized carbons (Fsp3) is 0.562. The van der Waals surface area contributed by atoms with Gasteiger partial charge in [-0.2, -0.15) is 0 Å². The summed E-state index contributed by atoms with van der Waals surface area (Å²) in [4.78, 5) is 16.4. The van der Waals surface area contributed by atoms with Crippen LogP contribution in [0.1, 0.15) is 24.8 Å². The minimum absolute atomic E-state index is 0.178. The summed E-state index contributed by atoms with van der Waals surface area (Å²) in [7, 11) is 0. The van der Waals surface area contributed by atoms with E-state index in [0.29, 0.717) is 11.8 Å². The second-order valence-corrected chi connectivity index (χ2v) is 5.86. The Bertz CT molecular complexity index is 487. The maximum Gasteiger partial charge on any atom is 0.225 e. The number of carbonyl (C=O) groups excluding carboxylic acids is 1. The summed E-state index contributed by atoms with van der Waals surface area (Å²) in [6.45, 7) is 4.31. The quantitative estimate of drug-likeness (QED) is 0.845. The van der Waals surface area contributed by atoms with Gasteiger partial charge in [-0.3, -0.25) is 9.69 Å². The van der Waals surface area contributed by atoms with Crippen LogP contribution >= 0.6 is 0 Å². The van der Waals surface area contributed by atoms with E-state index < -0.39 is 0 Å². The Balaban J connectivity index is 1.55. The van der Waals surface area contributed by atoms with Crippen molar-refractivity contribution in [3.63, 3.8) is 0 Å². The van der Waals surface area contributed by atoms with Crippen molar-refractivity contribution < 1.29 is 9.18 Å². The van der Waals surface area contributed by atoms with Crippen molar-refractivity contribution in [2.24, 2.45) is 5.92 Å². The fourth-order valence-electron chi connectivity index (χ4n) is 2.83. The summed E-state index contributed by atoms with van der Waals surface area (Å²) in [6.07, 6.45) is 3.15. The molecule has 1 amide bonds. The van der Waals surface area contributed by atoms with Gasteiger partial charge < -0.3 is 4.90 Å². The molecule has 0 atom stereocenters. The van der Waals surface area contributed by atoms with E-state index in [1.165, 1.54) is 6.07 Å². The van der Waals surface area contributed by atoms with E-state index in [2.05, 4.69) is 4.90 Å². The molecule has 2 aliphatic rings. The van der Waals surface area contributed by atoms with Gasteiger partial charge in [0.05, 0.1) is 0 Å². The molecule has 1 saturated heterocycles. The zero-order chi connectivity index (χ0) is 13.9. The van der Waals surface area contributed by atoms with Gasteiger partial charge in [0, 0.05) is 38.6 Å². The lowest BCUT2D eigenvalue weighted by Gasteiger charge is -2.22. The second-order valence-electron chi connectivity index (χ2n) is 5.86. The molecule has 108 valence electrons. The number of hydrogen-bond acceptors (Lipinski definition) is 2. The van der Waals surface area contributed by atoms with Gasteiger partial charge in [0.1, 0.15) is 5.82 Å². The maximum absolute atomic E-state index is 13.2. The first kappa shape index (κ1) is 13.6. The molecule has 1 aliphatic heterocycles. The Morgan fingerprint density at radius 3 is 2.80 bits per heavy atom. The number of hydrogen-bond donors (Lipinski definition) is 0. The van der Waals surface area contributed by atoms with Crippen molar-refractivity contribution in [2.75, 3.05) is 26.2 Å². The molecule has 1 aromatic rings. The number of carbonyl (C=O) groups is 1. The first-order chi connectivity index (χ1) is 9.72. The van der Waals surface area contributed by atoms with E-state index in [9.17, 15) is 9.18 Å². The van der Waals surface area contributed by atoms with Gasteiger partial charge in [-0.1, -0.05) is 12.1 Å². The number of amides is 1. The fourth-order valence-corrected chi connectivity index (χ4v) is 2.83. The topological polar surface area (TPSA) is 23.6 Å². The molecular formula is C16H21FN2O. The van der Waals surface area contributed by atoms with E-state index >= 15 is 0 Å². The van der Waals surface area contributed by atoms with Crippen LogP contribution in [0.5, 0.6) is 0 Å². The predicted octanol–water partition coefficient (Wildman–Crippen LogP) is 2.27. The van der Waals surface area contributed by atoms with Gasteiger partial charge in [-0.25, -0.2) is 4.39 Å². The van der Waals surface area contributed by atoms with Crippen molar-refractivity contribution >= 4 is 5.91 Å². The smallest absolute Gasteiger partial charge is 0.225 e. The highest BCUT2D eigenvalue weighted by molar-refractivity contribution is 5.81. The van der Waals surface area contributed by atoms with Crippen LogP contribution in [0.15, 0.2) is 24.3 Å². The molecule has 1 saturated carbocycles. The van der Waals surface area contributed by atoms with Crippen molar-refractivity contribution in [1.82, 2.24) is 9.80 Å². The Labute approximate surface area is 119 Å². The van der Waals surface area contributed by atoms with Gasteiger partial charge in [0.2, 0.25) is 5.91 Å². The van der Waals surface area contributed by atoms with E-state index in [-0.39, 0.29) is 5.82 Å². The molecule has 1 heterocycles. The molecule has 0 unspecified atom stereocenters. The molecule has 4 heteroatoms. The van der Waals surface area contributed by atoms with Gasteiger partial charge >= 0.3 is 0 Å². The number of rotatable bonds is 3. The summed E-state index contributed by atoms with van der Waals surface area (Å²) < 4.78 is 13.2. The van der Waals surface area contributed by atoms with Gasteiger partial charge in [-0.15, -0.1) is 0 Å². The van der Waals surface area contributed by atoms with Crippen molar-refractivity contribution in [3.8, 4) is 0 Å². The zero-order valence-electron chi connectivity index (χ0n) is 11.7. The monoisotopic (exact) mass is 276 g/mol. The Morgan fingerprint density at radius 1 is 1.20 bits per heavy atom.